The van der Waals surface area contributed by atoms with E-state index in [1.165, 1.54) is 18.2 Å². The second kappa shape index (κ2) is 9.60. The molecule has 0 spiro atoms. The van der Waals surface area contributed by atoms with Crippen LogP contribution in [0.3, 0.4) is 0 Å². The Balaban J connectivity index is 1.70. The third kappa shape index (κ3) is 5.60. The summed E-state index contributed by atoms with van der Waals surface area (Å²) in [6.45, 7) is 0.433. The van der Waals surface area contributed by atoms with Crippen molar-refractivity contribution in [2.45, 2.75) is 13.1 Å². The molecule has 1 amide bonds. The van der Waals surface area contributed by atoms with Gasteiger partial charge in [-0.25, -0.2) is 0 Å². The second-order valence-corrected chi connectivity index (χ2v) is 6.93. The van der Waals surface area contributed by atoms with E-state index in [0.717, 1.165) is 11.3 Å². The summed E-state index contributed by atoms with van der Waals surface area (Å²) < 4.78 is 10.9. The molecule has 0 aliphatic heterocycles. The Morgan fingerprint density at radius 2 is 1.83 bits per heavy atom. The molecule has 2 aromatic carbocycles. The molecule has 0 N–H and O–H groups in total. The van der Waals surface area contributed by atoms with Gasteiger partial charge >= 0.3 is 0 Å². The van der Waals surface area contributed by atoms with Gasteiger partial charge in [0.2, 0.25) is 0 Å². The number of amides is 1. The zero-order valence-electron chi connectivity index (χ0n) is 16.9. The summed E-state index contributed by atoms with van der Waals surface area (Å²) in [5.41, 5.74) is 1.95. The quantitative estimate of drug-likeness (QED) is 0.394. The number of anilines is 1. The van der Waals surface area contributed by atoms with Gasteiger partial charge in [0.25, 0.3) is 11.6 Å². The van der Waals surface area contributed by atoms with Crippen molar-refractivity contribution in [3.05, 3.63) is 88.4 Å². The molecule has 8 heteroatoms. The van der Waals surface area contributed by atoms with Crippen LogP contribution in [0.1, 0.15) is 11.3 Å². The molecule has 0 fully saturated rings. The number of furan rings is 1. The molecule has 0 saturated carbocycles. The number of nitro benzene ring substituents is 1. The topological polar surface area (TPSA) is 89.1 Å². The highest BCUT2D eigenvalue weighted by Crippen LogP contribution is 2.20. The Labute approximate surface area is 174 Å². The van der Waals surface area contributed by atoms with Crippen LogP contribution in [0.15, 0.2) is 71.3 Å². The SMILES string of the molecule is CN(C)c1ccc(CN(Cc2ccco2)C(=O)COc2cccc([N+](=O)[O-])c2)cc1. The minimum Gasteiger partial charge on any atom is -0.484 e. The summed E-state index contributed by atoms with van der Waals surface area (Å²) in [5.74, 6) is 0.670. The maximum absolute atomic E-state index is 12.9. The smallest absolute Gasteiger partial charge is 0.273 e. The van der Waals surface area contributed by atoms with Crippen molar-refractivity contribution in [3.8, 4) is 5.75 Å². The van der Waals surface area contributed by atoms with Gasteiger partial charge in [0.15, 0.2) is 6.61 Å². The van der Waals surface area contributed by atoms with Gasteiger partial charge in [0.1, 0.15) is 11.5 Å². The number of hydrogen-bond acceptors (Lipinski definition) is 6. The average Bonchev–Trinajstić information content (AvgIpc) is 3.25. The summed E-state index contributed by atoms with van der Waals surface area (Å²) >= 11 is 0. The van der Waals surface area contributed by atoms with Crippen LogP contribution >= 0.6 is 0 Å². The number of carbonyl (C=O) groups is 1. The molecule has 0 saturated heterocycles. The molecule has 0 atom stereocenters. The molecule has 3 rings (SSSR count). The van der Waals surface area contributed by atoms with Crippen LogP contribution in [0.5, 0.6) is 5.75 Å². The first-order valence-electron chi connectivity index (χ1n) is 9.36. The minimum absolute atomic E-state index is 0.0895. The molecule has 0 aliphatic rings. The predicted molar refractivity (Wildman–Crippen MR) is 112 cm³/mol. The molecule has 0 bridgehead atoms. The van der Waals surface area contributed by atoms with Gasteiger partial charge in [-0.15, -0.1) is 0 Å². The summed E-state index contributed by atoms with van der Waals surface area (Å²) in [5, 5.41) is 10.9. The first-order valence-corrected chi connectivity index (χ1v) is 9.36. The molecule has 0 aliphatic carbocycles. The Morgan fingerprint density at radius 1 is 1.07 bits per heavy atom. The van der Waals surface area contributed by atoms with E-state index in [1.807, 2.05) is 43.3 Å². The molecule has 0 unspecified atom stereocenters. The van der Waals surface area contributed by atoms with Crippen LogP contribution in [0.4, 0.5) is 11.4 Å². The maximum atomic E-state index is 12.9. The number of carbonyl (C=O) groups excluding carboxylic acids is 1. The highest BCUT2D eigenvalue weighted by atomic mass is 16.6. The van der Waals surface area contributed by atoms with E-state index in [9.17, 15) is 14.9 Å². The Bertz CT molecular complexity index is 984. The average molecular weight is 409 g/mol. The lowest BCUT2D eigenvalue weighted by Crippen LogP contribution is -2.34. The molecular weight excluding hydrogens is 386 g/mol. The number of rotatable bonds is 9. The second-order valence-electron chi connectivity index (χ2n) is 6.93. The number of nitrogens with zero attached hydrogens (tertiary/aromatic N) is 3. The van der Waals surface area contributed by atoms with Crippen LogP contribution < -0.4 is 9.64 Å². The Morgan fingerprint density at radius 3 is 2.47 bits per heavy atom. The molecule has 156 valence electrons. The van der Waals surface area contributed by atoms with Gasteiger partial charge < -0.3 is 19.0 Å². The first kappa shape index (κ1) is 20.9. The normalized spacial score (nSPS) is 10.5. The van der Waals surface area contributed by atoms with Crippen molar-refractivity contribution in [2.75, 3.05) is 25.6 Å². The van der Waals surface area contributed by atoms with Crippen molar-refractivity contribution < 1.29 is 18.9 Å². The number of benzene rings is 2. The monoisotopic (exact) mass is 409 g/mol. The van der Waals surface area contributed by atoms with E-state index < -0.39 is 4.92 Å². The van der Waals surface area contributed by atoms with Crippen LogP contribution in [0.25, 0.3) is 0 Å². The lowest BCUT2D eigenvalue weighted by Gasteiger charge is -2.22. The fourth-order valence-corrected chi connectivity index (χ4v) is 2.87. The highest BCUT2D eigenvalue weighted by molar-refractivity contribution is 5.77. The maximum Gasteiger partial charge on any atom is 0.273 e. The summed E-state index contributed by atoms with van der Waals surface area (Å²) in [7, 11) is 3.93. The summed E-state index contributed by atoms with van der Waals surface area (Å²) in [6, 6.07) is 17.3. The lowest BCUT2D eigenvalue weighted by molar-refractivity contribution is -0.384. The molecular formula is C22H23N3O5. The number of hydrogen-bond donors (Lipinski definition) is 0. The van der Waals surface area contributed by atoms with E-state index in [2.05, 4.69) is 0 Å². The first-order chi connectivity index (χ1) is 14.4. The van der Waals surface area contributed by atoms with E-state index in [4.69, 9.17) is 9.15 Å². The Hall–Kier alpha value is -3.81. The third-order valence-corrected chi connectivity index (χ3v) is 4.50. The molecule has 30 heavy (non-hydrogen) atoms. The minimum atomic E-state index is -0.505. The molecule has 0 radical (unpaired) electrons. The van der Waals surface area contributed by atoms with Crippen molar-refractivity contribution >= 4 is 17.3 Å². The van der Waals surface area contributed by atoms with Gasteiger partial charge in [0, 0.05) is 32.4 Å². The van der Waals surface area contributed by atoms with Gasteiger partial charge in [-0.1, -0.05) is 18.2 Å². The lowest BCUT2D eigenvalue weighted by atomic mass is 10.2. The van der Waals surface area contributed by atoms with Crippen LogP contribution in [-0.2, 0) is 17.9 Å². The van der Waals surface area contributed by atoms with Gasteiger partial charge in [-0.3, -0.25) is 14.9 Å². The molecule has 8 nitrogen and oxygen atoms in total. The zero-order valence-corrected chi connectivity index (χ0v) is 16.9. The molecule has 1 aromatic heterocycles. The van der Waals surface area contributed by atoms with Crippen LogP contribution in [0, 0.1) is 10.1 Å². The fraction of sp³-hybridized carbons (Fsp3) is 0.227. The van der Waals surface area contributed by atoms with Crippen LogP contribution in [0.2, 0.25) is 0 Å². The van der Waals surface area contributed by atoms with Gasteiger partial charge in [-0.2, -0.15) is 0 Å². The third-order valence-electron chi connectivity index (χ3n) is 4.50. The largest absolute Gasteiger partial charge is 0.484 e. The van der Waals surface area contributed by atoms with Crippen molar-refractivity contribution in [1.82, 2.24) is 4.90 Å². The van der Waals surface area contributed by atoms with E-state index >= 15 is 0 Å². The van der Waals surface area contributed by atoms with Gasteiger partial charge in [-0.05, 0) is 35.9 Å². The standard InChI is InChI=1S/C22H23N3O5/c1-23(2)18-10-8-17(9-11-18)14-24(15-21-7-4-12-29-21)22(26)16-30-20-6-3-5-19(13-20)25(27)28/h3-13H,14-16H2,1-2H3. The van der Waals surface area contributed by atoms with Gasteiger partial charge in [0.05, 0.1) is 23.8 Å². The van der Waals surface area contributed by atoms with Crippen molar-refractivity contribution in [1.29, 1.82) is 0 Å². The number of nitro groups is 1. The van der Waals surface area contributed by atoms with E-state index in [-0.39, 0.29) is 24.0 Å². The fourth-order valence-electron chi connectivity index (χ4n) is 2.87. The van der Waals surface area contributed by atoms with Crippen LogP contribution in [-0.4, -0.2) is 36.4 Å². The zero-order chi connectivity index (χ0) is 21.5. The van der Waals surface area contributed by atoms with E-state index in [1.54, 1.807) is 29.4 Å². The molecule has 3 aromatic rings. The summed E-state index contributed by atoms with van der Waals surface area (Å²) in [4.78, 5) is 26.9. The Kier molecular flexibility index (Phi) is 6.69. The number of non-ortho nitro benzene ring substituents is 1. The van der Waals surface area contributed by atoms with E-state index in [0.29, 0.717) is 18.8 Å². The molecule has 1 heterocycles. The van der Waals surface area contributed by atoms with Crippen molar-refractivity contribution in [3.63, 3.8) is 0 Å². The summed E-state index contributed by atoms with van der Waals surface area (Å²) in [6.07, 6.45) is 1.56. The van der Waals surface area contributed by atoms with Crippen molar-refractivity contribution in [2.24, 2.45) is 0 Å². The number of ether oxygens (including phenoxy) is 1. The predicted octanol–water partition coefficient (Wildman–Crippen LogP) is 3.86. The highest BCUT2D eigenvalue weighted by Gasteiger charge is 2.17.